The zero-order chi connectivity index (χ0) is 44.2. The first-order valence-corrected chi connectivity index (χ1v) is 23.2. The number of carbonyl (C=O) groups excluding carboxylic acids is 2. The van der Waals surface area contributed by atoms with Crippen molar-refractivity contribution in [3.8, 4) is 11.1 Å². The fraction of sp³-hybridized carbons (Fsp3) is 0.532. The predicted molar refractivity (Wildman–Crippen MR) is 240 cm³/mol. The molecule has 4 N–H and O–H groups in total. The smallest absolute Gasteiger partial charge is 0.309 e. The molecule has 4 aromatic rings. The number of hydrogen-bond donors (Lipinski definition) is 4. The van der Waals surface area contributed by atoms with E-state index in [9.17, 15) is 29.4 Å². The third-order valence-electron chi connectivity index (χ3n) is 15.3. The molecule has 2 bridgehead atoms. The van der Waals surface area contributed by atoms with Crippen molar-refractivity contribution in [2.24, 2.45) is 36.8 Å². The number of halogens is 2. The molecule has 0 atom stereocenters. The number of carbonyl (C=O) groups is 4. The van der Waals surface area contributed by atoms with Crippen LogP contribution in [-0.4, -0.2) is 89.0 Å². The van der Waals surface area contributed by atoms with Gasteiger partial charge in [-0.15, -0.1) is 0 Å². The molecule has 334 valence electrons. The largest absolute Gasteiger partial charge is 0.481 e. The molecule has 4 heterocycles. The van der Waals surface area contributed by atoms with Crippen LogP contribution in [0.4, 0.5) is 11.4 Å². The highest BCUT2D eigenvalue weighted by Gasteiger charge is 2.57. The maximum Gasteiger partial charge on any atom is 0.309 e. The molecule has 2 aliphatic heterocycles. The van der Waals surface area contributed by atoms with Crippen molar-refractivity contribution >= 4 is 58.3 Å². The van der Waals surface area contributed by atoms with Gasteiger partial charge in [0.15, 0.2) is 11.6 Å². The molecule has 5 aliphatic rings. The Bertz CT molecular complexity index is 2460. The molecule has 63 heavy (non-hydrogen) atoms. The molecule has 0 unspecified atom stereocenters. The first kappa shape index (κ1) is 43.5. The van der Waals surface area contributed by atoms with E-state index in [4.69, 9.17) is 33.2 Å². The van der Waals surface area contributed by atoms with E-state index in [0.717, 1.165) is 132 Å². The molecule has 9 rings (SSSR count). The average Bonchev–Trinajstić information content (AvgIpc) is 4.04. The van der Waals surface area contributed by atoms with Gasteiger partial charge in [0.25, 0.3) is 11.8 Å². The second-order valence-electron chi connectivity index (χ2n) is 18.9. The minimum absolute atomic E-state index is 0.124. The van der Waals surface area contributed by atoms with Gasteiger partial charge in [-0.05, 0) is 107 Å². The maximum atomic E-state index is 13.8. The van der Waals surface area contributed by atoms with Crippen LogP contribution in [0.2, 0.25) is 10.0 Å². The van der Waals surface area contributed by atoms with Crippen LogP contribution in [0.3, 0.4) is 0 Å². The van der Waals surface area contributed by atoms with Gasteiger partial charge in [0.05, 0.1) is 44.1 Å². The summed E-state index contributed by atoms with van der Waals surface area (Å²) in [5.74, 6) is -1.14. The summed E-state index contributed by atoms with van der Waals surface area (Å²) in [6.45, 7) is 4.82. The zero-order valence-corrected chi connectivity index (χ0v) is 37.5. The molecule has 14 nitrogen and oxygen atoms in total. The first-order valence-electron chi connectivity index (χ1n) is 22.4. The number of rotatable bonds is 13. The number of aliphatic carboxylic acids is 2. The Balaban J connectivity index is 0.826. The van der Waals surface area contributed by atoms with Gasteiger partial charge >= 0.3 is 11.9 Å². The van der Waals surface area contributed by atoms with Crippen molar-refractivity contribution in [2.45, 2.75) is 96.6 Å². The van der Waals surface area contributed by atoms with Crippen molar-refractivity contribution in [1.82, 2.24) is 28.9 Å². The SMILES string of the molecule is Cn1c(C(=O)Nc2cccc(-c3cccc(NC(=O)c4nc5c(n4C)CCN(CC[C@H]4CC[C@H](C(=O)O)CC4)C5)c3Cl)c2Cl)nc2c1CCN(CCC13CCC(C(=O)O)(CC1)C3)C2. The van der Waals surface area contributed by atoms with Gasteiger partial charge in [-0.25, -0.2) is 9.97 Å². The Hall–Kier alpha value is -4.76. The van der Waals surface area contributed by atoms with E-state index in [1.165, 1.54) is 0 Å². The van der Waals surface area contributed by atoms with E-state index in [1.54, 1.807) is 24.3 Å². The number of anilines is 2. The molecule has 0 saturated heterocycles. The number of fused-ring (bicyclic) bond motifs is 4. The fourth-order valence-corrected chi connectivity index (χ4v) is 11.9. The predicted octanol–water partition coefficient (Wildman–Crippen LogP) is 8.05. The zero-order valence-electron chi connectivity index (χ0n) is 36.0. The quantitative estimate of drug-likeness (QED) is 0.103. The monoisotopic (exact) mass is 898 g/mol. The molecule has 2 aromatic heterocycles. The van der Waals surface area contributed by atoms with Gasteiger partial charge < -0.3 is 30.0 Å². The number of benzene rings is 2. The Morgan fingerprint density at radius 2 is 1.24 bits per heavy atom. The Kier molecular flexibility index (Phi) is 12.0. The molecule has 3 fully saturated rings. The second kappa shape index (κ2) is 17.3. The van der Waals surface area contributed by atoms with Gasteiger partial charge in [0.2, 0.25) is 0 Å². The number of nitrogens with zero attached hydrogens (tertiary/aromatic N) is 6. The van der Waals surface area contributed by atoms with Crippen LogP contribution in [0.1, 0.15) is 115 Å². The molecule has 3 aliphatic carbocycles. The molecule has 3 saturated carbocycles. The summed E-state index contributed by atoms with van der Waals surface area (Å²) in [6, 6.07) is 10.7. The van der Waals surface area contributed by atoms with E-state index >= 15 is 0 Å². The Labute approximate surface area is 377 Å². The molecule has 16 heteroatoms. The Morgan fingerprint density at radius 1 is 0.730 bits per heavy atom. The van der Waals surface area contributed by atoms with E-state index < -0.39 is 17.4 Å². The number of imidazole rings is 2. The highest BCUT2D eigenvalue weighted by molar-refractivity contribution is 6.40. The van der Waals surface area contributed by atoms with Crippen LogP contribution in [-0.2, 0) is 49.6 Å². The highest BCUT2D eigenvalue weighted by Crippen LogP contribution is 2.63. The summed E-state index contributed by atoms with van der Waals surface area (Å²) >= 11 is 14.0. The average molecular weight is 900 g/mol. The number of aromatic nitrogens is 4. The fourth-order valence-electron chi connectivity index (χ4n) is 11.4. The molecule has 0 spiro atoms. The van der Waals surface area contributed by atoms with Crippen molar-refractivity contribution < 1.29 is 29.4 Å². The van der Waals surface area contributed by atoms with Crippen molar-refractivity contribution in [1.29, 1.82) is 0 Å². The molecule has 2 aromatic carbocycles. The Morgan fingerprint density at radius 3 is 1.71 bits per heavy atom. The van der Waals surface area contributed by atoms with Crippen LogP contribution < -0.4 is 10.6 Å². The summed E-state index contributed by atoms with van der Waals surface area (Å²) < 4.78 is 3.73. The minimum atomic E-state index is -0.676. The molecule has 2 amide bonds. The number of nitrogens with one attached hydrogen (secondary N) is 2. The van der Waals surface area contributed by atoms with Crippen LogP contribution in [0.25, 0.3) is 11.1 Å². The lowest BCUT2D eigenvalue weighted by Gasteiger charge is -2.32. The number of carboxylic acid groups (broad SMARTS) is 2. The summed E-state index contributed by atoms with van der Waals surface area (Å²) in [5, 5.41) is 25.7. The number of hydrogen-bond acceptors (Lipinski definition) is 8. The van der Waals surface area contributed by atoms with Gasteiger partial charge in [0.1, 0.15) is 0 Å². The highest BCUT2D eigenvalue weighted by atomic mass is 35.5. The van der Waals surface area contributed by atoms with Gasteiger partial charge in [-0.2, -0.15) is 0 Å². The van der Waals surface area contributed by atoms with E-state index in [1.807, 2.05) is 35.4 Å². The molecular formula is C47H56Cl2N8O6. The van der Waals surface area contributed by atoms with E-state index in [0.29, 0.717) is 63.2 Å². The van der Waals surface area contributed by atoms with Gasteiger partial charge in [-0.1, -0.05) is 47.5 Å². The summed E-state index contributed by atoms with van der Waals surface area (Å²) in [5.41, 5.74) is 5.41. The van der Waals surface area contributed by atoms with E-state index in [2.05, 4.69) is 20.4 Å². The lowest BCUT2D eigenvalue weighted by molar-refractivity contribution is -0.148. The molecule has 0 radical (unpaired) electrons. The van der Waals surface area contributed by atoms with Crippen LogP contribution in [0, 0.1) is 22.7 Å². The van der Waals surface area contributed by atoms with Crippen LogP contribution in [0.5, 0.6) is 0 Å². The van der Waals surface area contributed by atoms with Crippen molar-refractivity contribution in [3.63, 3.8) is 0 Å². The maximum absolute atomic E-state index is 13.8. The standard InChI is InChI=1S/C47H56Cl2N8O6/c1-54-36-14-22-56(21-13-28-9-11-29(12-10-28)44(60)61)25-34(36)50-40(54)42(58)52-32-7-3-5-30(38(32)48)31-6-4-8-33(39(31)49)53-43(59)41-51-35-26-57(23-15-37(35)55(41)2)24-20-46-16-18-47(27-46,19-17-46)45(62)63/h3-8,28-29H,9-27H2,1-2H3,(H,52,58)(H,53,59)(H,60,61)(H,62,63)/t28-,29-,46?,47?. The lowest BCUT2D eigenvalue weighted by Crippen LogP contribution is -2.34. The number of carboxylic acids is 2. The van der Waals surface area contributed by atoms with Crippen molar-refractivity contribution in [3.05, 3.63) is 80.9 Å². The third-order valence-corrected chi connectivity index (χ3v) is 16.1. The lowest BCUT2D eigenvalue weighted by atomic mass is 9.80. The molecular weight excluding hydrogens is 843 g/mol. The van der Waals surface area contributed by atoms with Gasteiger partial charge in [-0.3, -0.25) is 29.0 Å². The van der Waals surface area contributed by atoms with E-state index in [-0.39, 0.29) is 23.1 Å². The van der Waals surface area contributed by atoms with Gasteiger partial charge in [0, 0.05) is 75.6 Å². The second-order valence-corrected chi connectivity index (χ2v) is 19.7. The summed E-state index contributed by atoms with van der Waals surface area (Å²) in [6.07, 6.45) is 11.3. The van der Waals surface area contributed by atoms with Crippen LogP contribution in [0.15, 0.2) is 36.4 Å². The summed E-state index contributed by atoms with van der Waals surface area (Å²) in [7, 11) is 3.73. The number of amides is 2. The normalized spacial score (nSPS) is 24.5. The summed E-state index contributed by atoms with van der Waals surface area (Å²) in [4.78, 5) is 65.3. The minimum Gasteiger partial charge on any atom is -0.481 e. The third kappa shape index (κ3) is 8.40. The topological polar surface area (TPSA) is 175 Å². The van der Waals surface area contributed by atoms with Crippen molar-refractivity contribution in [2.75, 3.05) is 36.8 Å². The van der Waals surface area contributed by atoms with Crippen LogP contribution >= 0.6 is 23.2 Å². The first-order chi connectivity index (χ1) is 30.2.